The molecule has 2 N–H and O–H groups in total. The number of nitrogens with one attached hydrogen (secondary N) is 2. The number of rotatable bonds is 5. The number of halogens is 1. The van der Waals surface area contributed by atoms with Crippen LogP contribution in [0.25, 0.3) is 0 Å². The highest BCUT2D eigenvalue weighted by Crippen LogP contribution is 2.16. The maximum absolute atomic E-state index is 12.4. The Labute approximate surface area is 167 Å². The summed E-state index contributed by atoms with van der Waals surface area (Å²) in [5.41, 5.74) is 2.26. The smallest absolute Gasteiger partial charge is 0.253 e. The Morgan fingerprint density at radius 1 is 0.885 bits per heavy atom. The zero-order valence-corrected chi connectivity index (χ0v) is 16.7. The molecule has 1 saturated heterocycles. The van der Waals surface area contributed by atoms with Gasteiger partial charge in [0, 0.05) is 33.6 Å². The fourth-order valence-corrected chi connectivity index (χ4v) is 3.29. The molecule has 0 aromatic heterocycles. The lowest BCUT2D eigenvalue weighted by Crippen LogP contribution is -2.35. The van der Waals surface area contributed by atoms with E-state index >= 15 is 0 Å². The minimum atomic E-state index is -0.126. The topological polar surface area (TPSA) is 61.4 Å². The normalized spacial score (nSPS) is 14.0. The number of benzene rings is 2. The molecule has 1 fully saturated rings. The molecule has 1 aliphatic rings. The zero-order chi connectivity index (χ0) is 18.4. The number of hydrogen-bond acceptors (Lipinski definition) is 3. The maximum atomic E-state index is 12.4. The number of carbonyl (C=O) groups excluding carboxylic acids is 2. The van der Waals surface area contributed by atoms with E-state index in [2.05, 4.69) is 33.2 Å². The summed E-state index contributed by atoms with van der Waals surface area (Å²) in [6, 6.07) is 15.0. The Balaban J connectivity index is 1.50. The second kappa shape index (κ2) is 9.02. The van der Waals surface area contributed by atoms with E-state index in [1.807, 2.05) is 29.2 Å². The Hall–Kier alpha value is -2.09. The molecule has 136 valence electrons. The average Bonchev–Trinajstić information content (AvgIpc) is 2.68. The van der Waals surface area contributed by atoms with E-state index in [-0.39, 0.29) is 18.4 Å². The van der Waals surface area contributed by atoms with Gasteiger partial charge in [0.25, 0.3) is 5.91 Å². The van der Waals surface area contributed by atoms with Gasteiger partial charge in [-0.15, -0.1) is 0 Å². The molecular formula is C20H22IN3O2. The first kappa shape index (κ1) is 18.7. The number of amides is 2. The molecule has 1 aliphatic heterocycles. The van der Waals surface area contributed by atoms with Crippen molar-refractivity contribution in [1.29, 1.82) is 0 Å². The number of piperidine rings is 1. The van der Waals surface area contributed by atoms with Gasteiger partial charge in [0.05, 0.1) is 6.54 Å². The van der Waals surface area contributed by atoms with Crippen molar-refractivity contribution in [2.24, 2.45) is 0 Å². The maximum Gasteiger partial charge on any atom is 0.253 e. The first-order chi connectivity index (χ1) is 12.6. The quantitative estimate of drug-likeness (QED) is 0.660. The van der Waals surface area contributed by atoms with E-state index in [1.54, 1.807) is 24.3 Å². The van der Waals surface area contributed by atoms with E-state index in [0.29, 0.717) is 11.3 Å². The predicted octanol–water partition coefficient (Wildman–Crippen LogP) is 3.97. The summed E-state index contributed by atoms with van der Waals surface area (Å²) < 4.78 is 1.15. The third-order valence-electron chi connectivity index (χ3n) is 4.36. The largest absolute Gasteiger partial charge is 0.376 e. The molecule has 2 aromatic carbocycles. The van der Waals surface area contributed by atoms with Gasteiger partial charge in [-0.1, -0.05) is 0 Å². The molecule has 1 heterocycles. The van der Waals surface area contributed by atoms with Gasteiger partial charge in [0.15, 0.2) is 0 Å². The summed E-state index contributed by atoms with van der Waals surface area (Å²) in [6.07, 6.45) is 3.35. The van der Waals surface area contributed by atoms with E-state index in [1.165, 1.54) is 6.42 Å². The number of hydrogen-bond donors (Lipinski definition) is 2. The summed E-state index contributed by atoms with van der Waals surface area (Å²) in [7, 11) is 0. The van der Waals surface area contributed by atoms with Gasteiger partial charge in [-0.2, -0.15) is 0 Å². The van der Waals surface area contributed by atoms with Gasteiger partial charge in [0.1, 0.15) is 0 Å². The number of carbonyl (C=O) groups is 2. The minimum Gasteiger partial charge on any atom is -0.376 e. The average molecular weight is 463 g/mol. The van der Waals surface area contributed by atoms with Crippen LogP contribution in [0.3, 0.4) is 0 Å². The molecule has 0 unspecified atom stereocenters. The number of nitrogens with zero attached hydrogens (tertiary/aromatic N) is 1. The van der Waals surface area contributed by atoms with Crippen molar-refractivity contribution in [3.63, 3.8) is 0 Å². The summed E-state index contributed by atoms with van der Waals surface area (Å²) in [4.78, 5) is 26.4. The van der Waals surface area contributed by atoms with E-state index in [0.717, 1.165) is 35.2 Å². The highest BCUT2D eigenvalue weighted by atomic mass is 127. The van der Waals surface area contributed by atoms with Gasteiger partial charge >= 0.3 is 0 Å². The lowest BCUT2D eigenvalue weighted by molar-refractivity contribution is -0.114. The second-order valence-electron chi connectivity index (χ2n) is 6.34. The summed E-state index contributed by atoms with van der Waals surface area (Å²) >= 11 is 2.24. The Morgan fingerprint density at radius 2 is 1.50 bits per heavy atom. The highest BCUT2D eigenvalue weighted by molar-refractivity contribution is 14.1. The fraction of sp³-hybridized carbons (Fsp3) is 0.300. The van der Waals surface area contributed by atoms with Gasteiger partial charge in [0.2, 0.25) is 5.91 Å². The van der Waals surface area contributed by atoms with Crippen LogP contribution in [0.2, 0.25) is 0 Å². The highest BCUT2D eigenvalue weighted by Gasteiger charge is 2.17. The van der Waals surface area contributed by atoms with Crippen molar-refractivity contribution in [2.45, 2.75) is 19.3 Å². The van der Waals surface area contributed by atoms with Crippen molar-refractivity contribution < 1.29 is 9.59 Å². The summed E-state index contributed by atoms with van der Waals surface area (Å²) in [5.74, 6) is -0.0541. The van der Waals surface area contributed by atoms with Gasteiger partial charge in [-0.25, -0.2) is 0 Å². The number of likely N-dealkylation sites (tertiary alicyclic amines) is 1. The third kappa shape index (κ3) is 5.20. The first-order valence-corrected chi connectivity index (χ1v) is 9.88. The van der Waals surface area contributed by atoms with Crippen LogP contribution >= 0.6 is 22.6 Å². The number of anilines is 2. The van der Waals surface area contributed by atoms with Crippen molar-refractivity contribution in [3.05, 3.63) is 57.7 Å². The molecule has 0 saturated carbocycles. The van der Waals surface area contributed by atoms with Crippen LogP contribution in [-0.4, -0.2) is 36.3 Å². The summed E-state index contributed by atoms with van der Waals surface area (Å²) in [5, 5.41) is 5.93. The molecule has 3 rings (SSSR count). The van der Waals surface area contributed by atoms with Crippen LogP contribution in [0.1, 0.15) is 29.6 Å². The van der Waals surface area contributed by atoms with Crippen LogP contribution in [-0.2, 0) is 4.79 Å². The van der Waals surface area contributed by atoms with Crippen molar-refractivity contribution in [1.82, 2.24) is 4.90 Å². The van der Waals surface area contributed by atoms with Crippen LogP contribution in [0, 0.1) is 3.57 Å². The lowest BCUT2D eigenvalue weighted by Gasteiger charge is -2.26. The molecule has 0 bridgehead atoms. The monoisotopic (exact) mass is 463 g/mol. The minimum absolute atomic E-state index is 0.0722. The van der Waals surface area contributed by atoms with Crippen LogP contribution in [0.15, 0.2) is 48.5 Å². The second-order valence-corrected chi connectivity index (χ2v) is 7.58. The molecule has 0 radical (unpaired) electrons. The molecule has 0 atom stereocenters. The van der Waals surface area contributed by atoms with Gasteiger partial charge < -0.3 is 15.5 Å². The Morgan fingerprint density at radius 3 is 2.15 bits per heavy atom. The molecule has 6 heteroatoms. The van der Waals surface area contributed by atoms with Crippen molar-refractivity contribution >= 4 is 45.8 Å². The SMILES string of the molecule is O=C(CNc1ccc(I)cc1)Nc1ccc(C(=O)N2CCCCC2)cc1. The Kier molecular flexibility index (Phi) is 6.49. The van der Waals surface area contributed by atoms with Crippen molar-refractivity contribution in [3.8, 4) is 0 Å². The molecule has 26 heavy (non-hydrogen) atoms. The lowest BCUT2D eigenvalue weighted by atomic mass is 10.1. The van der Waals surface area contributed by atoms with E-state index in [4.69, 9.17) is 0 Å². The zero-order valence-electron chi connectivity index (χ0n) is 14.5. The van der Waals surface area contributed by atoms with Gasteiger partial charge in [-0.05, 0) is 90.4 Å². The van der Waals surface area contributed by atoms with Crippen molar-refractivity contribution in [2.75, 3.05) is 30.3 Å². The summed E-state index contributed by atoms with van der Waals surface area (Å²) in [6.45, 7) is 1.86. The van der Waals surface area contributed by atoms with Crippen LogP contribution < -0.4 is 10.6 Å². The molecular weight excluding hydrogens is 441 g/mol. The molecule has 0 aliphatic carbocycles. The van der Waals surface area contributed by atoms with Crippen LogP contribution in [0.5, 0.6) is 0 Å². The molecule has 2 amide bonds. The standard InChI is InChI=1S/C20H22IN3O2/c21-16-6-10-17(11-7-16)22-14-19(25)23-18-8-4-15(5-9-18)20(26)24-12-2-1-3-13-24/h4-11,22H,1-3,12-14H2,(H,23,25). The molecule has 0 spiro atoms. The first-order valence-electron chi connectivity index (χ1n) is 8.80. The third-order valence-corrected chi connectivity index (χ3v) is 5.08. The Bertz CT molecular complexity index is 754. The fourth-order valence-electron chi connectivity index (χ4n) is 2.93. The van der Waals surface area contributed by atoms with Crippen LogP contribution in [0.4, 0.5) is 11.4 Å². The molecule has 5 nitrogen and oxygen atoms in total. The van der Waals surface area contributed by atoms with Gasteiger partial charge in [-0.3, -0.25) is 9.59 Å². The molecule has 2 aromatic rings. The predicted molar refractivity (Wildman–Crippen MR) is 112 cm³/mol. The van der Waals surface area contributed by atoms with E-state index in [9.17, 15) is 9.59 Å². The van der Waals surface area contributed by atoms with E-state index < -0.39 is 0 Å².